The number of pyridine rings is 1. The first kappa shape index (κ1) is 7.33. The van der Waals surface area contributed by atoms with Crippen LogP contribution in [0.2, 0.25) is 0 Å². The Kier molecular flexibility index (Phi) is 1.52. The lowest BCUT2D eigenvalue weighted by Gasteiger charge is -2.45. The summed E-state index contributed by atoms with van der Waals surface area (Å²) >= 11 is 0. The highest BCUT2D eigenvalue weighted by molar-refractivity contribution is 5.49. The average Bonchev–Trinajstić information content (AvgIpc) is 2.50. The van der Waals surface area contributed by atoms with Gasteiger partial charge in [0, 0.05) is 49.7 Å². The van der Waals surface area contributed by atoms with E-state index in [1.54, 1.807) is 0 Å². The molecule has 0 amide bonds. The van der Waals surface area contributed by atoms with E-state index >= 15 is 0 Å². The fourth-order valence-electron chi connectivity index (χ4n) is 2.35. The van der Waals surface area contributed by atoms with E-state index in [4.69, 9.17) is 0 Å². The van der Waals surface area contributed by atoms with Crippen LogP contribution in [0.15, 0.2) is 24.5 Å². The fourth-order valence-corrected chi connectivity index (χ4v) is 2.35. The van der Waals surface area contributed by atoms with E-state index in [2.05, 4.69) is 27.3 Å². The Hall–Kier alpha value is -1.09. The summed E-state index contributed by atoms with van der Waals surface area (Å²) in [5.41, 5.74) is 1.32. The van der Waals surface area contributed by atoms with Gasteiger partial charge in [0.05, 0.1) is 0 Å². The Morgan fingerprint density at radius 2 is 2.15 bits per heavy atom. The van der Waals surface area contributed by atoms with Gasteiger partial charge in [0.15, 0.2) is 0 Å². The van der Waals surface area contributed by atoms with Crippen LogP contribution >= 0.6 is 0 Å². The number of hydrogen-bond donors (Lipinski definition) is 1. The smallest absolute Gasteiger partial charge is 0.0471 e. The van der Waals surface area contributed by atoms with Crippen LogP contribution in [0.5, 0.6) is 0 Å². The van der Waals surface area contributed by atoms with Crippen LogP contribution in [0, 0.1) is 5.92 Å². The van der Waals surface area contributed by atoms with E-state index in [-0.39, 0.29) is 0 Å². The van der Waals surface area contributed by atoms with Gasteiger partial charge in [-0.15, -0.1) is 0 Å². The third kappa shape index (κ3) is 1.04. The van der Waals surface area contributed by atoms with Gasteiger partial charge in [-0.25, -0.2) is 0 Å². The molecule has 2 aliphatic heterocycles. The molecule has 2 saturated heterocycles. The predicted octanol–water partition coefficient (Wildman–Crippen LogP) is 0.490. The highest BCUT2D eigenvalue weighted by atomic mass is 15.3. The van der Waals surface area contributed by atoms with Gasteiger partial charge in [-0.3, -0.25) is 4.98 Å². The summed E-state index contributed by atoms with van der Waals surface area (Å²) in [5.74, 6) is 0.883. The van der Waals surface area contributed by atoms with Crippen LogP contribution in [0.1, 0.15) is 0 Å². The van der Waals surface area contributed by atoms with E-state index in [1.807, 2.05) is 12.4 Å². The van der Waals surface area contributed by atoms with E-state index in [9.17, 15) is 0 Å². The van der Waals surface area contributed by atoms with Gasteiger partial charge in [0.25, 0.3) is 0 Å². The quantitative estimate of drug-likeness (QED) is 0.673. The van der Waals surface area contributed by atoms with Crippen LogP contribution in [0.4, 0.5) is 5.69 Å². The van der Waals surface area contributed by atoms with Crippen molar-refractivity contribution in [2.45, 2.75) is 6.04 Å². The fraction of sp³-hybridized carbons (Fsp3) is 0.500. The summed E-state index contributed by atoms with van der Waals surface area (Å²) in [5, 5.41) is 3.43. The molecule has 0 aromatic carbocycles. The number of nitrogens with one attached hydrogen (secondary N) is 1. The maximum Gasteiger partial charge on any atom is 0.0471 e. The second-order valence-electron chi connectivity index (χ2n) is 3.84. The van der Waals surface area contributed by atoms with E-state index < -0.39 is 0 Å². The Morgan fingerprint density at radius 1 is 1.31 bits per heavy atom. The Labute approximate surface area is 77.8 Å². The molecule has 0 spiro atoms. The maximum absolute atomic E-state index is 4.03. The molecule has 3 nitrogen and oxygen atoms in total. The Balaban J connectivity index is 1.81. The summed E-state index contributed by atoms with van der Waals surface area (Å²) in [6.07, 6.45) is 3.73. The van der Waals surface area contributed by atoms with Gasteiger partial charge in [0.1, 0.15) is 0 Å². The van der Waals surface area contributed by atoms with Crippen molar-refractivity contribution in [3.63, 3.8) is 0 Å². The molecule has 0 radical (unpaired) electrons. The van der Waals surface area contributed by atoms with Crippen molar-refractivity contribution in [3.8, 4) is 0 Å². The molecule has 0 saturated carbocycles. The molecule has 0 unspecified atom stereocenters. The third-order valence-electron chi connectivity index (χ3n) is 3.13. The molecule has 68 valence electrons. The minimum absolute atomic E-state index is 0.738. The average molecular weight is 175 g/mol. The molecule has 3 heteroatoms. The van der Waals surface area contributed by atoms with Crippen LogP contribution in [-0.4, -0.2) is 30.7 Å². The van der Waals surface area contributed by atoms with Crippen LogP contribution < -0.4 is 10.2 Å². The molecule has 0 aliphatic carbocycles. The summed E-state index contributed by atoms with van der Waals surface area (Å²) in [6, 6.07) is 4.92. The van der Waals surface area contributed by atoms with E-state index in [0.717, 1.165) is 18.5 Å². The first-order valence-corrected chi connectivity index (χ1v) is 4.82. The van der Waals surface area contributed by atoms with Gasteiger partial charge in [-0.1, -0.05) is 0 Å². The lowest BCUT2D eigenvalue weighted by atomic mass is 9.91. The van der Waals surface area contributed by atoms with Gasteiger partial charge in [-0.2, -0.15) is 0 Å². The third-order valence-corrected chi connectivity index (χ3v) is 3.13. The molecule has 2 fully saturated rings. The number of rotatable bonds is 1. The number of nitrogens with zero attached hydrogens (tertiary/aromatic N) is 2. The number of anilines is 1. The van der Waals surface area contributed by atoms with Crippen molar-refractivity contribution in [2.24, 2.45) is 5.92 Å². The van der Waals surface area contributed by atoms with Gasteiger partial charge >= 0.3 is 0 Å². The van der Waals surface area contributed by atoms with Crippen molar-refractivity contribution in [1.82, 2.24) is 10.3 Å². The topological polar surface area (TPSA) is 28.2 Å². The summed E-state index contributed by atoms with van der Waals surface area (Å²) in [4.78, 5) is 6.49. The zero-order valence-electron chi connectivity index (χ0n) is 7.48. The highest BCUT2D eigenvalue weighted by Crippen LogP contribution is 2.32. The molecule has 2 atom stereocenters. The molecule has 3 heterocycles. The Morgan fingerprint density at radius 3 is 2.92 bits per heavy atom. The Bertz CT molecular complexity index is 298. The first-order chi connectivity index (χ1) is 6.45. The first-order valence-electron chi connectivity index (χ1n) is 4.82. The number of aromatic nitrogens is 1. The van der Waals surface area contributed by atoms with Gasteiger partial charge in [-0.05, 0) is 12.1 Å². The zero-order chi connectivity index (χ0) is 8.67. The van der Waals surface area contributed by atoms with Crippen LogP contribution in [0.3, 0.4) is 0 Å². The number of hydrogen-bond acceptors (Lipinski definition) is 3. The molecule has 1 aromatic heterocycles. The molecular weight excluding hydrogens is 162 g/mol. The second kappa shape index (κ2) is 2.70. The molecule has 13 heavy (non-hydrogen) atoms. The molecular formula is C10H13N3. The van der Waals surface area contributed by atoms with Crippen LogP contribution in [-0.2, 0) is 0 Å². The van der Waals surface area contributed by atoms with E-state index in [0.29, 0.717) is 0 Å². The normalized spacial score (nSPS) is 31.2. The summed E-state index contributed by atoms with van der Waals surface area (Å²) < 4.78 is 0. The van der Waals surface area contributed by atoms with Crippen molar-refractivity contribution in [1.29, 1.82) is 0 Å². The van der Waals surface area contributed by atoms with E-state index in [1.165, 1.54) is 18.8 Å². The minimum atomic E-state index is 0.738. The predicted molar refractivity (Wildman–Crippen MR) is 51.7 cm³/mol. The SMILES string of the molecule is c1cc(N2C[C@@H]3CNC[C@@H]32)ccn1. The zero-order valence-corrected chi connectivity index (χ0v) is 7.48. The minimum Gasteiger partial charge on any atom is -0.366 e. The molecule has 1 aromatic rings. The largest absolute Gasteiger partial charge is 0.366 e. The van der Waals surface area contributed by atoms with Crippen molar-refractivity contribution in [2.75, 3.05) is 24.5 Å². The summed E-state index contributed by atoms with van der Waals surface area (Å²) in [6.45, 7) is 3.56. The molecule has 3 rings (SSSR count). The van der Waals surface area contributed by atoms with Crippen molar-refractivity contribution in [3.05, 3.63) is 24.5 Å². The lowest BCUT2D eigenvalue weighted by molar-refractivity contribution is 0.365. The van der Waals surface area contributed by atoms with Crippen molar-refractivity contribution >= 4 is 5.69 Å². The van der Waals surface area contributed by atoms with Gasteiger partial charge < -0.3 is 10.2 Å². The molecule has 2 aliphatic rings. The number of fused-ring (bicyclic) bond motifs is 1. The maximum atomic E-state index is 4.03. The lowest BCUT2D eigenvalue weighted by Crippen LogP contribution is -2.55. The molecule has 1 N–H and O–H groups in total. The highest BCUT2D eigenvalue weighted by Gasteiger charge is 2.41. The summed E-state index contributed by atoms with van der Waals surface area (Å²) in [7, 11) is 0. The van der Waals surface area contributed by atoms with Crippen LogP contribution in [0.25, 0.3) is 0 Å². The van der Waals surface area contributed by atoms with Crippen molar-refractivity contribution < 1.29 is 0 Å². The standard InChI is InChI=1S/C10H13N3/c1-3-11-4-2-9(1)13-7-8-5-12-6-10(8)13/h1-4,8,10,12H,5-7H2/t8-,10-/m0/s1. The second-order valence-corrected chi connectivity index (χ2v) is 3.84. The van der Waals surface area contributed by atoms with Gasteiger partial charge in [0.2, 0.25) is 0 Å². The molecule has 0 bridgehead atoms. The monoisotopic (exact) mass is 175 g/mol.